The van der Waals surface area contributed by atoms with Crippen LogP contribution >= 0.6 is 11.6 Å². The summed E-state index contributed by atoms with van der Waals surface area (Å²) < 4.78 is 3.45. The lowest BCUT2D eigenvalue weighted by Crippen LogP contribution is -2.43. The average Bonchev–Trinajstić information content (AvgIpc) is 3.07. The van der Waals surface area contributed by atoms with E-state index in [1.165, 1.54) is 41.7 Å². The second-order valence-corrected chi connectivity index (χ2v) is 6.20. The third-order valence-corrected chi connectivity index (χ3v) is 4.20. The van der Waals surface area contributed by atoms with Gasteiger partial charge in [0.25, 0.3) is 17.4 Å². The number of fused-ring (bicyclic) bond motifs is 1. The van der Waals surface area contributed by atoms with E-state index in [-0.39, 0.29) is 17.7 Å². The van der Waals surface area contributed by atoms with Crippen LogP contribution in [0.25, 0.3) is 11.2 Å². The number of rotatable bonds is 3. The maximum Gasteiger partial charge on any atom is 0.332 e. The van der Waals surface area contributed by atoms with E-state index in [4.69, 9.17) is 11.6 Å². The molecule has 11 heteroatoms. The number of amides is 2. The Morgan fingerprint density at radius 2 is 1.74 bits per heavy atom. The summed E-state index contributed by atoms with van der Waals surface area (Å²) in [7, 11) is 2.82. The van der Waals surface area contributed by atoms with E-state index < -0.39 is 23.1 Å². The Balaban J connectivity index is 1.75. The first-order chi connectivity index (χ1) is 12.8. The van der Waals surface area contributed by atoms with E-state index in [1.807, 2.05) is 0 Å². The van der Waals surface area contributed by atoms with Crippen molar-refractivity contribution in [1.82, 2.24) is 29.5 Å². The number of aromatic nitrogens is 4. The van der Waals surface area contributed by atoms with Crippen LogP contribution < -0.4 is 22.1 Å². The van der Waals surface area contributed by atoms with Crippen LogP contribution in [0.1, 0.15) is 10.4 Å². The molecule has 140 valence electrons. The summed E-state index contributed by atoms with van der Waals surface area (Å²) in [6.07, 6.45) is 1.28. The van der Waals surface area contributed by atoms with Gasteiger partial charge >= 0.3 is 5.69 Å². The molecule has 0 saturated heterocycles. The van der Waals surface area contributed by atoms with Crippen molar-refractivity contribution in [1.29, 1.82) is 0 Å². The molecule has 2 N–H and O–H groups in total. The molecule has 0 bridgehead atoms. The normalized spacial score (nSPS) is 10.8. The van der Waals surface area contributed by atoms with Gasteiger partial charge in [-0.05, 0) is 24.3 Å². The second-order valence-electron chi connectivity index (χ2n) is 5.76. The number of hydrogen-bond donors (Lipinski definition) is 2. The van der Waals surface area contributed by atoms with Crippen molar-refractivity contribution in [2.24, 2.45) is 14.1 Å². The van der Waals surface area contributed by atoms with Gasteiger partial charge in [0.05, 0.1) is 6.33 Å². The lowest BCUT2D eigenvalue weighted by molar-refractivity contribution is -0.122. The number of nitrogens with one attached hydrogen (secondary N) is 2. The number of aryl methyl sites for hydroxylation is 1. The predicted molar refractivity (Wildman–Crippen MR) is 97.3 cm³/mol. The van der Waals surface area contributed by atoms with Gasteiger partial charge in [-0.2, -0.15) is 0 Å². The molecule has 0 saturated carbocycles. The molecule has 0 unspecified atom stereocenters. The van der Waals surface area contributed by atoms with Crippen LogP contribution in [0.5, 0.6) is 0 Å². The van der Waals surface area contributed by atoms with Crippen molar-refractivity contribution < 1.29 is 9.59 Å². The Morgan fingerprint density at radius 3 is 2.41 bits per heavy atom. The number of benzene rings is 1. The number of hydrazine groups is 1. The van der Waals surface area contributed by atoms with Gasteiger partial charge in [0.1, 0.15) is 6.54 Å². The van der Waals surface area contributed by atoms with Gasteiger partial charge < -0.3 is 4.57 Å². The number of carbonyl (C=O) groups excluding carboxylic acids is 2. The summed E-state index contributed by atoms with van der Waals surface area (Å²) in [4.78, 5) is 52.3. The lowest BCUT2D eigenvalue weighted by Gasteiger charge is -2.09. The highest BCUT2D eigenvalue weighted by atomic mass is 35.5. The minimum atomic E-state index is -0.576. The van der Waals surface area contributed by atoms with Crippen molar-refractivity contribution in [3.8, 4) is 0 Å². The quantitative estimate of drug-likeness (QED) is 0.587. The Hall–Kier alpha value is -3.40. The van der Waals surface area contributed by atoms with Crippen molar-refractivity contribution in [2.75, 3.05) is 0 Å². The van der Waals surface area contributed by atoms with Gasteiger partial charge in [0.2, 0.25) is 0 Å². The third-order valence-electron chi connectivity index (χ3n) is 3.95. The fourth-order valence-corrected chi connectivity index (χ4v) is 2.64. The highest BCUT2D eigenvalue weighted by Gasteiger charge is 2.16. The zero-order chi connectivity index (χ0) is 19.7. The van der Waals surface area contributed by atoms with E-state index in [0.717, 1.165) is 4.57 Å². The van der Waals surface area contributed by atoms with Crippen LogP contribution in [0.15, 0.2) is 40.2 Å². The third kappa shape index (κ3) is 3.47. The topological polar surface area (TPSA) is 120 Å². The van der Waals surface area contributed by atoms with Gasteiger partial charge in [0, 0.05) is 24.7 Å². The first-order valence-electron chi connectivity index (χ1n) is 7.75. The minimum Gasteiger partial charge on any atom is -0.315 e. The van der Waals surface area contributed by atoms with Crippen LogP contribution in [0.3, 0.4) is 0 Å². The first kappa shape index (κ1) is 18.4. The highest BCUT2D eigenvalue weighted by Crippen LogP contribution is 2.09. The molecular weight excluding hydrogens is 376 g/mol. The van der Waals surface area contributed by atoms with Gasteiger partial charge in [0.15, 0.2) is 11.2 Å². The van der Waals surface area contributed by atoms with E-state index in [2.05, 4.69) is 15.8 Å². The van der Waals surface area contributed by atoms with Gasteiger partial charge in [-0.15, -0.1) is 0 Å². The molecule has 0 fully saturated rings. The Morgan fingerprint density at radius 1 is 1.07 bits per heavy atom. The zero-order valence-electron chi connectivity index (χ0n) is 14.4. The van der Waals surface area contributed by atoms with Gasteiger partial charge in [-0.1, -0.05) is 11.6 Å². The SMILES string of the molecule is Cn1c(=O)c2c(ncn2CC(=O)NNC(=O)c2ccc(Cl)cc2)n(C)c1=O. The molecule has 0 aliphatic rings. The smallest absolute Gasteiger partial charge is 0.315 e. The van der Waals surface area contributed by atoms with Crippen molar-refractivity contribution in [3.05, 3.63) is 62.0 Å². The second kappa shape index (κ2) is 7.08. The largest absolute Gasteiger partial charge is 0.332 e. The monoisotopic (exact) mass is 390 g/mol. The van der Waals surface area contributed by atoms with E-state index >= 15 is 0 Å². The fraction of sp³-hybridized carbons (Fsp3) is 0.188. The first-order valence-corrected chi connectivity index (χ1v) is 8.13. The summed E-state index contributed by atoms with van der Waals surface area (Å²) >= 11 is 5.76. The summed E-state index contributed by atoms with van der Waals surface area (Å²) in [5.41, 5.74) is 4.04. The molecule has 1 aromatic carbocycles. The van der Waals surface area contributed by atoms with E-state index in [9.17, 15) is 19.2 Å². The van der Waals surface area contributed by atoms with Crippen LogP contribution in [-0.2, 0) is 25.4 Å². The standard InChI is InChI=1S/C16H15ClN6O4/c1-21-13-12(15(26)22(2)16(21)27)23(8-18-13)7-11(24)19-20-14(25)9-3-5-10(17)6-4-9/h3-6,8H,7H2,1-2H3,(H,19,24)(H,20,25). The van der Waals surface area contributed by atoms with E-state index in [1.54, 1.807) is 12.1 Å². The van der Waals surface area contributed by atoms with Gasteiger partial charge in [-0.25, -0.2) is 9.78 Å². The molecular formula is C16H15ClN6O4. The maximum atomic E-state index is 12.3. The zero-order valence-corrected chi connectivity index (χ0v) is 15.1. The lowest BCUT2D eigenvalue weighted by atomic mass is 10.2. The fourth-order valence-electron chi connectivity index (χ4n) is 2.51. The molecule has 0 spiro atoms. The van der Waals surface area contributed by atoms with Crippen LogP contribution in [0.2, 0.25) is 5.02 Å². The number of nitrogens with zero attached hydrogens (tertiary/aromatic N) is 4. The maximum absolute atomic E-state index is 12.3. The molecule has 0 aliphatic heterocycles. The predicted octanol–water partition coefficient (Wildman–Crippen LogP) is -0.452. The molecule has 3 aromatic rings. The number of imidazole rings is 1. The molecule has 2 heterocycles. The van der Waals surface area contributed by atoms with Crippen LogP contribution in [0, 0.1) is 0 Å². The van der Waals surface area contributed by atoms with Gasteiger partial charge in [-0.3, -0.25) is 34.4 Å². The number of carbonyl (C=O) groups is 2. The molecule has 27 heavy (non-hydrogen) atoms. The van der Waals surface area contributed by atoms with Crippen molar-refractivity contribution >= 4 is 34.6 Å². The molecule has 10 nitrogen and oxygen atoms in total. The minimum absolute atomic E-state index is 0.110. The summed E-state index contributed by atoms with van der Waals surface area (Å²) in [5, 5.41) is 0.485. The average molecular weight is 391 g/mol. The summed E-state index contributed by atoms with van der Waals surface area (Å²) in [6.45, 7) is -0.273. The van der Waals surface area contributed by atoms with Crippen molar-refractivity contribution in [3.63, 3.8) is 0 Å². The Kier molecular flexibility index (Phi) is 4.82. The van der Waals surface area contributed by atoms with E-state index in [0.29, 0.717) is 10.6 Å². The number of hydrogen-bond acceptors (Lipinski definition) is 5. The molecule has 0 atom stereocenters. The van der Waals surface area contributed by atoms with Crippen molar-refractivity contribution in [2.45, 2.75) is 6.54 Å². The summed E-state index contributed by atoms with van der Waals surface area (Å²) in [5.74, 6) is -1.10. The van der Waals surface area contributed by atoms with Crippen LogP contribution in [0.4, 0.5) is 0 Å². The Bertz CT molecular complexity index is 1160. The number of halogens is 1. The molecule has 0 radical (unpaired) electrons. The highest BCUT2D eigenvalue weighted by molar-refractivity contribution is 6.30. The molecule has 3 rings (SSSR count). The Labute approximate surface area is 157 Å². The van der Waals surface area contributed by atoms with Crippen LogP contribution in [-0.4, -0.2) is 30.5 Å². The molecule has 2 aromatic heterocycles. The molecule has 0 aliphatic carbocycles. The summed E-state index contributed by atoms with van der Waals surface area (Å²) in [6, 6.07) is 6.13. The molecule has 2 amide bonds.